The summed E-state index contributed by atoms with van der Waals surface area (Å²) in [5.74, 6) is -0.187. The van der Waals surface area contributed by atoms with Crippen LogP contribution in [-0.2, 0) is 17.9 Å². The van der Waals surface area contributed by atoms with Crippen molar-refractivity contribution in [3.05, 3.63) is 57.8 Å². The highest BCUT2D eigenvalue weighted by Crippen LogP contribution is 2.14. The summed E-state index contributed by atoms with van der Waals surface area (Å²) in [5.41, 5.74) is 3.06. The van der Waals surface area contributed by atoms with Crippen LogP contribution >= 0.6 is 11.3 Å². The summed E-state index contributed by atoms with van der Waals surface area (Å²) in [6.07, 6.45) is 5.60. The van der Waals surface area contributed by atoms with Crippen molar-refractivity contribution in [3.63, 3.8) is 0 Å². The summed E-state index contributed by atoms with van der Waals surface area (Å²) in [5, 5.41) is 9.34. The van der Waals surface area contributed by atoms with E-state index in [4.69, 9.17) is 0 Å². The minimum absolute atomic E-state index is 0.0562. The molecule has 150 valence electrons. The smallest absolute Gasteiger partial charge is 0.252 e. The van der Waals surface area contributed by atoms with Gasteiger partial charge in [0.2, 0.25) is 5.91 Å². The number of likely N-dealkylation sites (tertiary alicyclic amines) is 1. The fourth-order valence-corrected chi connectivity index (χ4v) is 4.03. The van der Waals surface area contributed by atoms with Crippen molar-refractivity contribution in [2.75, 3.05) is 19.6 Å². The second-order valence-corrected chi connectivity index (χ2v) is 8.08. The van der Waals surface area contributed by atoms with Crippen LogP contribution in [0.5, 0.6) is 0 Å². The van der Waals surface area contributed by atoms with Crippen molar-refractivity contribution in [1.82, 2.24) is 15.5 Å². The number of thiophene rings is 1. The van der Waals surface area contributed by atoms with E-state index in [1.54, 1.807) is 11.4 Å². The van der Waals surface area contributed by atoms with Crippen molar-refractivity contribution in [1.29, 1.82) is 0 Å². The number of rotatable bonds is 8. The summed E-state index contributed by atoms with van der Waals surface area (Å²) in [4.78, 5) is 26.3. The van der Waals surface area contributed by atoms with Gasteiger partial charge in [-0.05, 0) is 48.5 Å². The lowest BCUT2D eigenvalue weighted by atomic mass is 10.1. The lowest BCUT2D eigenvalue weighted by Crippen LogP contribution is -2.30. The zero-order valence-electron chi connectivity index (χ0n) is 16.3. The van der Waals surface area contributed by atoms with Crippen LogP contribution in [0.1, 0.15) is 53.6 Å². The molecule has 1 fully saturated rings. The Kier molecular flexibility index (Phi) is 8.06. The van der Waals surface area contributed by atoms with Gasteiger partial charge in [0.15, 0.2) is 0 Å². The van der Waals surface area contributed by atoms with Crippen LogP contribution in [0.15, 0.2) is 41.1 Å². The molecule has 0 radical (unpaired) electrons. The molecule has 1 aliphatic rings. The van der Waals surface area contributed by atoms with Crippen molar-refractivity contribution in [2.24, 2.45) is 0 Å². The molecule has 0 atom stereocenters. The van der Waals surface area contributed by atoms with Gasteiger partial charge in [0.25, 0.3) is 5.91 Å². The second kappa shape index (κ2) is 11.0. The van der Waals surface area contributed by atoms with Crippen molar-refractivity contribution >= 4 is 23.2 Å². The van der Waals surface area contributed by atoms with E-state index in [1.807, 2.05) is 5.38 Å². The standard InChI is InChI=1S/C22H29N3O2S/c26-21(9-11-23-22(27)20-10-14-28-17-20)24-15-18-5-7-19(8-6-18)16-25-12-3-1-2-4-13-25/h5-8,10,14,17H,1-4,9,11-13,15-16H2,(H,23,27)(H,24,26). The molecule has 0 unspecified atom stereocenters. The number of nitrogens with zero attached hydrogens (tertiary/aromatic N) is 1. The average Bonchev–Trinajstić information content (AvgIpc) is 3.13. The highest BCUT2D eigenvalue weighted by Gasteiger charge is 2.10. The first-order valence-corrected chi connectivity index (χ1v) is 11.0. The molecule has 2 amide bonds. The molecule has 5 nitrogen and oxygen atoms in total. The molecular formula is C22H29N3O2S. The van der Waals surface area contributed by atoms with E-state index >= 15 is 0 Å². The molecule has 6 heteroatoms. The van der Waals surface area contributed by atoms with Crippen LogP contribution in [0.4, 0.5) is 0 Å². The SMILES string of the molecule is O=C(CCNC(=O)c1ccsc1)NCc1ccc(CN2CCCCCC2)cc1. The summed E-state index contributed by atoms with van der Waals surface area (Å²) < 4.78 is 0. The minimum atomic E-state index is -0.131. The van der Waals surface area contributed by atoms with E-state index in [1.165, 1.54) is 55.7 Å². The van der Waals surface area contributed by atoms with E-state index in [0.717, 1.165) is 12.1 Å². The number of nitrogens with one attached hydrogen (secondary N) is 2. The molecule has 1 aromatic carbocycles. The fraction of sp³-hybridized carbons (Fsp3) is 0.455. The molecule has 1 aliphatic heterocycles. The molecule has 0 bridgehead atoms. The Morgan fingerprint density at radius 2 is 1.64 bits per heavy atom. The summed E-state index contributed by atoms with van der Waals surface area (Å²) in [7, 11) is 0. The highest BCUT2D eigenvalue weighted by molar-refractivity contribution is 7.08. The zero-order chi connectivity index (χ0) is 19.6. The molecule has 0 saturated carbocycles. The van der Waals surface area contributed by atoms with Crippen LogP contribution in [0.2, 0.25) is 0 Å². The van der Waals surface area contributed by atoms with Crippen LogP contribution < -0.4 is 10.6 Å². The van der Waals surface area contributed by atoms with Gasteiger partial charge >= 0.3 is 0 Å². The zero-order valence-corrected chi connectivity index (χ0v) is 17.1. The molecule has 1 saturated heterocycles. The summed E-state index contributed by atoms with van der Waals surface area (Å²) >= 11 is 1.48. The molecule has 28 heavy (non-hydrogen) atoms. The predicted octanol–water partition coefficient (Wildman–Crippen LogP) is 3.56. The monoisotopic (exact) mass is 399 g/mol. The molecular weight excluding hydrogens is 370 g/mol. The topological polar surface area (TPSA) is 61.4 Å². The van der Waals surface area contributed by atoms with Crippen LogP contribution in [0, 0.1) is 0 Å². The maximum Gasteiger partial charge on any atom is 0.252 e. The van der Waals surface area contributed by atoms with Crippen LogP contribution in [0.25, 0.3) is 0 Å². The first kappa shape index (κ1) is 20.6. The highest BCUT2D eigenvalue weighted by atomic mass is 32.1. The molecule has 3 rings (SSSR count). The van der Waals surface area contributed by atoms with E-state index in [-0.39, 0.29) is 18.2 Å². The van der Waals surface area contributed by atoms with Crippen LogP contribution in [-0.4, -0.2) is 36.3 Å². The number of hydrogen-bond donors (Lipinski definition) is 2. The molecule has 0 spiro atoms. The van der Waals surface area contributed by atoms with E-state index < -0.39 is 0 Å². The normalized spacial score (nSPS) is 15.0. The maximum atomic E-state index is 12.0. The number of carbonyl (C=O) groups is 2. The Labute approximate surface area is 171 Å². The van der Waals surface area contributed by atoms with Gasteiger partial charge < -0.3 is 10.6 Å². The minimum Gasteiger partial charge on any atom is -0.352 e. The van der Waals surface area contributed by atoms with E-state index in [2.05, 4.69) is 39.8 Å². The molecule has 2 heterocycles. The summed E-state index contributed by atoms with van der Waals surface area (Å²) in [6.45, 7) is 4.26. The molecule has 2 N–H and O–H groups in total. The van der Waals surface area contributed by atoms with Gasteiger partial charge in [0, 0.05) is 37.0 Å². The van der Waals surface area contributed by atoms with Crippen molar-refractivity contribution in [3.8, 4) is 0 Å². The number of benzene rings is 1. The van der Waals surface area contributed by atoms with Crippen LogP contribution in [0.3, 0.4) is 0 Å². The Hall–Kier alpha value is -2.18. The van der Waals surface area contributed by atoms with Gasteiger partial charge in [0.1, 0.15) is 0 Å². The summed E-state index contributed by atoms with van der Waals surface area (Å²) in [6, 6.07) is 10.3. The van der Waals surface area contributed by atoms with E-state index in [9.17, 15) is 9.59 Å². The lowest BCUT2D eigenvalue weighted by Gasteiger charge is -2.19. The lowest BCUT2D eigenvalue weighted by molar-refractivity contribution is -0.121. The number of carbonyl (C=O) groups excluding carboxylic acids is 2. The maximum absolute atomic E-state index is 12.0. The van der Waals surface area contributed by atoms with Gasteiger partial charge in [-0.1, -0.05) is 37.1 Å². The average molecular weight is 400 g/mol. The Balaban J connectivity index is 1.34. The van der Waals surface area contributed by atoms with Crippen molar-refractivity contribution < 1.29 is 9.59 Å². The second-order valence-electron chi connectivity index (χ2n) is 7.30. The first-order valence-electron chi connectivity index (χ1n) is 10.1. The fourth-order valence-electron chi connectivity index (χ4n) is 3.39. The van der Waals surface area contributed by atoms with Gasteiger partial charge in [0.05, 0.1) is 0 Å². The molecule has 0 aliphatic carbocycles. The van der Waals surface area contributed by atoms with E-state index in [0.29, 0.717) is 18.7 Å². The molecule has 2 aromatic rings. The Morgan fingerprint density at radius 1 is 0.929 bits per heavy atom. The van der Waals surface area contributed by atoms with Gasteiger partial charge in [-0.25, -0.2) is 0 Å². The first-order chi connectivity index (χ1) is 13.7. The Bertz CT molecular complexity index is 736. The molecule has 1 aromatic heterocycles. The van der Waals surface area contributed by atoms with Crippen molar-refractivity contribution in [2.45, 2.75) is 45.2 Å². The third kappa shape index (κ3) is 6.77. The third-order valence-electron chi connectivity index (χ3n) is 5.04. The largest absolute Gasteiger partial charge is 0.352 e. The number of hydrogen-bond acceptors (Lipinski definition) is 4. The quantitative estimate of drug-likeness (QED) is 0.713. The third-order valence-corrected chi connectivity index (χ3v) is 5.72. The number of amides is 2. The van der Waals surface area contributed by atoms with Gasteiger partial charge in [-0.2, -0.15) is 11.3 Å². The Morgan fingerprint density at radius 3 is 2.32 bits per heavy atom. The van der Waals surface area contributed by atoms with Gasteiger partial charge in [-0.15, -0.1) is 0 Å². The van der Waals surface area contributed by atoms with Gasteiger partial charge in [-0.3, -0.25) is 14.5 Å². The predicted molar refractivity (Wildman–Crippen MR) is 113 cm³/mol.